The fourth-order valence-corrected chi connectivity index (χ4v) is 3.76. The van der Waals surface area contributed by atoms with E-state index in [0.717, 1.165) is 18.5 Å². The minimum atomic E-state index is -3.19. The monoisotopic (exact) mass is 297 g/mol. The molecule has 20 heavy (non-hydrogen) atoms. The lowest BCUT2D eigenvalue weighted by molar-refractivity contribution is 0.373. The second kappa shape index (κ2) is 7.23. The smallest absolute Gasteiger partial charge is 0.175 e. The zero-order valence-corrected chi connectivity index (χ0v) is 14.0. The molecule has 0 spiro atoms. The lowest BCUT2D eigenvalue weighted by Gasteiger charge is -2.30. The van der Waals surface area contributed by atoms with E-state index < -0.39 is 9.84 Å². The zero-order valence-electron chi connectivity index (χ0n) is 13.2. The van der Waals surface area contributed by atoms with Gasteiger partial charge in [-0.05, 0) is 37.4 Å². The maximum absolute atomic E-state index is 12.0. The van der Waals surface area contributed by atoms with Gasteiger partial charge in [0.1, 0.15) is 0 Å². The third kappa shape index (κ3) is 4.32. The molecular weight excluding hydrogens is 270 g/mol. The average Bonchev–Trinajstić information content (AvgIpc) is 2.35. The van der Waals surface area contributed by atoms with E-state index in [1.165, 1.54) is 6.26 Å². The third-order valence-electron chi connectivity index (χ3n) is 3.65. The summed E-state index contributed by atoms with van der Waals surface area (Å²) in [6.45, 7) is 9.51. The summed E-state index contributed by atoms with van der Waals surface area (Å²) in [6.07, 6.45) is 2.36. The van der Waals surface area contributed by atoms with Gasteiger partial charge in [-0.3, -0.25) is 0 Å². The van der Waals surface area contributed by atoms with E-state index in [4.69, 9.17) is 0 Å². The molecule has 0 amide bonds. The Balaban J connectivity index is 3.23. The Morgan fingerprint density at radius 3 is 2.25 bits per heavy atom. The number of sulfone groups is 1. The van der Waals surface area contributed by atoms with Gasteiger partial charge in [0.05, 0.1) is 4.90 Å². The molecule has 1 rings (SSSR count). The fourth-order valence-electron chi connectivity index (χ4n) is 2.80. The molecule has 0 bridgehead atoms. The van der Waals surface area contributed by atoms with Gasteiger partial charge >= 0.3 is 0 Å². The van der Waals surface area contributed by atoms with Crippen LogP contribution in [-0.2, 0) is 9.84 Å². The number of benzene rings is 1. The maximum atomic E-state index is 12.0. The van der Waals surface area contributed by atoms with E-state index in [9.17, 15) is 8.42 Å². The van der Waals surface area contributed by atoms with Gasteiger partial charge in [-0.25, -0.2) is 8.42 Å². The molecule has 2 unspecified atom stereocenters. The van der Waals surface area contributed by atoms with Gasteiger partial charge in [-0.2, -0.15) is 0 Å². The van der Waals surface area contributed by atoms with Crippen LogP contribution in [-0.4, -0.2) is 27.3 Å². The van der Waals surface area contributed by atoms with Gasteiger partial charge < -0.3 is 5.32 Å². The minimum absolute atomic E-state index is 0.187. The molecular formula is C16H27NO2S. The Morgan fingerprint density at radius 2 is 1.75 bits per heavy atom. The summed E-state index contributed by atoms with van der Waals surface area (Å²) in [5, 5.41) is 3.50. The highest BCUT2D eigenvalue weighted by Crippen LogP contribution is 2.32. The van der Waals surface area contributed by atoms with Crippen LogP contribution >= 0.6 is 0 Å². The van der Waals surface area contributed by atoms with Crippen molar-refractivity contribution in [3.8, 4) is 0 Å². The summed E-state index contributed by atoms with van der Waals surface area (Å²) in [7, 11) is -3.19. The van der Waals surface area contributed by atoms with Crippen LogP contribution in [0.1, 0.15) is 45.6 Å². The molecule has 1 aromatic rings. The molecule has 0 fully saturated rings. The predicted molar refractivity (Wildman–Crippen MR) is 84.9 cm³/mol. The van der Waals surface area contributed by atoms with Crippen molar-refractivity contribution in [2.75, 3.05) is 12.8 Å². The van der Waals surface area contributed by atoms with Crippen molar-refractivity contribution in [2.24, 2.45) is 5.92 Å². The Bertz CT molecular complexity index is 523. The predicted octanol–water partition coefficient (Wildman–Crippen LogP) is 3.22. The number of hydrogen-bond acceptors (Lipinski definition) is 3. The second-order valence-corrected chi connectivity index (χ2v) is 7.81. The van der Waals surface area contributed by atoms with Gasteiger partial charge in [0.2, 0.25) is 0 Å². The largest absolute Gasteiger partial charge is 0.314 e. The van der Waals surface area contributed by atoms with Crippen LogP contribution in [0.5, 0.6) is 0 Å². The van der Waals surface area contributed by atoms with Gasteiger partial charge in [-0.1, -0.05) is 39.0 Å². The van der Waals surface area contributed by atoms with Crippen molar-refractivity contribution < 1.29 is 8.42 Å². The van der Waals surface area contributed by atoms with Crippen LogP contribution in [0.2, 0.25) is 0 Å². The van der Waals surface area contributed by atoms with Crippen molar-refractivity contribution >= 4 is 9.84 Å². The van der Waals surface area contributed by atoms with E-state index in [1.807, 2.05) is 12.1 Å². The maximum Gasteiger partial charge on any atom is 0.175 e. The number of nitrogens with one attached hydrogen (secondary N) is 1. The van der Waals surface area contributed by atoms with E-state index in [1.54, 1.807) is 12.1 Å². The topological polar surface area (TPSA) is 46.2 Å². The third-order valence-corrected chi connectivity index (χ3v) is 4.82. The van der Waals surface area contributed by atoms with Crippen LogP contribution < -0.4 is 5.32 Å². The quantitative estimate of drug-likeness (QED) is 0.840. The Morgan fingerprint density at radius 1 is 1.15 bits per heavy atom. The van der Waals surface area contributed by atoms with Crippen molar-refractivity contribution in [3.63, 3.8) is 0 Å². The molecule has 0 saturated heterocycles. The molecule has 1 N–H and O–H groups in total. The summed E-state index contributed by atoms with van der Waals surface area (Å²) in [4.78, 5) is 0.462. The number of hydrogen-bond donors (Lipinski definition) is 1. The summed E-state index contributed by atoms with van der Waals surface area (Å²) >= 11 is 0. The van der Waals surface area contributed by atoms with Crippen molar-refractivity contribution in [2.45, 2.75) is 51.0 Å². The summed E-state index contributed by atoms with van der Waals surface area (Å²) in [5.74, 6) is 0.560. The first-order valence-electron chi connectivity index (χ1n) is 7.31. The van der Waals surface area contributed by atoms with E-state index in [-0.39, 0.29) is 12.0 Å². The minimum Gasteiger partial charge on any atom is -0.314 e. The molecule has 0 aliphatic rings. The first kappa shape index (κ1) is 17.2. The molecule has 3 nitrogen and oxygen atoms in total. The lowest BCUT2D eigenvalue weighted by Crippen LogP contribution is -2.35. The van der Waals surface area contributed by atoms with Gasteiger partial charge in [-0.15, -0.1) is 0 Å². The van der Waals surface area contributed by atoms with E-state index >= 15 is 0 Å². The SMILES string of the molecule is CCCNC(C)C(c1ccccc1S(C)(=O)=O)C(C)C. The lowest BCUT2D eigenvalue weighted by atomic mass is 9.83. The molecule has 114 valence electrons. The van der Waals surface area contributed by atoms with Crippen LogP contribution in [0, 0.1) is 5.92 Å². The summed E-state index contributed by atoms with van der Waals surface area (Å²) < 4.78 is 24.0. The molecule has 4 heteroatoms. The molecule has 0 heterocycles. The normalized spacial score (nSPS) is 15.3. The van der Waals surface area contributed by atoms with Gasteiger partial charge in [0.15, 0.2) is 9.84 Å². The van der Waals surface area contributed by atoms with Gasteiger partial charge in [0, 0.05) is 18.2 Å². The standard InChI is InChI=1S/C16H27NO2S/c1-6-11-17-13(4)16(12(2)3)14-9-7-8-10-15(14)20(5,18)19/h7-10,12-13,16-17H,6,11H2,1-5H3. The van der Waals surface area contributed by atoms with Crippen LogP contribution in [0.15, 0.2) is 29.2 Å². The molecule has 0 aromatic heterocycles. The Hall–Kier alpha value is -0.870. The average molecular weight is 297 g/mol. The summed E-state index contributed by atoms with van der Waals surface area (Å²) in [6, 6.07) is 7.63. The van der Waals surface area contributed by atoms with Crippen LogP contribution in [0.3, 0.4) is 0 Å². The Kier molecular flexibility index (Phi) is 6.21. The molecule has 0 radical (unpaired) electrons. The zero-order chi connectivity index (χ0) is 15.3. The molecule has 2 atom stereocenters. The highest BCUT2D eigenvalue weighted by Gasteiger charge is 2.27. The highest BCUT2D eigenvalue weighted by molar-refractivity contribution is 7.90. The van der Waals surface area contributed by atoms with E-state index in [2.05, 4.69) is 33.0 Å². The first-order chi connectivity index (χ1) is 9.29. The Labute approximate surface area is 123 Å². The van der Waals surface area contributed by atoms with Crippen LogP contribution in [0.25, 0.3) is 0 Å². The molecule has 0 aliphatic carbocycles. The van der Waals surface area contributed by atoms with Gasteiger partial charge in [0.25, 0.3) is 0 Å². The molecule has 1 aromatic carbocycles. The molecule has 0 saturated carbocycles. The van der Waals surface area contributed by atoms with Crippen molar-refractivity contribution in [1.29, 1.82) is 0 Å². The highest BCUT2D eigenvalue weighted by atomic mass is 32.2. The van der Waals surface area contributed by atoms with E-state index in [0.29, 0.717) is 10.8 Å². The van der Waals surface area contributed by atoms with Crippen LogP contribution in [0.4, 0.5) is 0 Å². The fraction of sp³-hybridized carbons (Fsp3) is 0.625. The number of rotatable bonds is 7. The summed E-state index contributed by atoms with van der Waals surface area (Å²) in [5.41, 5.74) is 0.932. The van der Waals surface area contributed by atoms with Crippen molar-refractivity contribution in [3.05, 3.63) is 29.8 Å². The first-order valence-corrected chi connectivity index (χ1v) is 9.20. The molecule has 0 aliphatic heterocycles. The van der Waals surface area contributed by atoms with Crippen molar-refractivity contribution in [1.82, 2.24) is 5.32 Å². The second-order valence-electron chi connectivity index (χ2n) is 5.82.